The number of aromatic nitrogens is 1. The number of para-hydroxylation sites is 2. The van der Waals surface area contributed by atoms with E-state index in [1.165, 1.54) is 16.9 Å². The van der Waals surface area contributed by atoms with Crippen molar-refractivity contribution in [3.05, 3.63) is 78.1 Å². The summed E-state index contributed by atoms with van der Waals surface area (Å²) in [6, 6.07) is 21.0. The molecular formula is C18H16N2O. The van der Waals surface area contributed by atoms with Crippen LogP contribution in [0.25, 0.3) is 5.69 Å². The molecule has 0 radical (unpaired) electrons. The molecule has 1 aromatic heterocycles. The lowest BCUT2D eigenvalue weighted by Crippen LogP contribution is -2.21. The van der Waals surface area contributed by atoms with Gasteiger partial charge in [0.25, 0.3) is 0 Å². The third kappa shape index (κ3) is 1.89. The maximum atomic E-state index is 5.35. The summed E-state index contributed by atoms with van der Waals surface area (Å²) in [6.07, 6.45) is 2.11. The van der Waals surface area contributed by atoms with Crippen molar-refractivity contribution in [1.82, 2.24) is 4.57 Å². The highest BCUT2D eigenvalue weighted by Gasteiger charge is 2.24. The predicted molar refractivity (Wildman–Crippen MR) is 84.2 cm³/mol. The SMILES string of the molecule is COc1cccc(C2Nc3ccccc3-n3cccc32)c1. The monoisotopic (exact) mass is 276 g/mol. The molecule has 0 amide bonds. The molecule has 3 heteroatoms. The summed E-state index contributed by atoms with van der Waals surface area (Å²) >= 11 is 0. The average Bonchev–Trinajstić information content (AvgIpc) is 3.04. The molecule has 0 bridgehead atoms. The molecule has 3 nitrogen and oxygen atoms in total. The van der Waals surface area contributed by atoms with Crippen LogP contribution in [0.15, 0.2) is 66.9 Å². The quantitative estimate of drug-likeness (QED) is 0.765. The Morgan fingerprint density at radius 1 is 1.00 bits per heavy atom. The van der Waals surface area contributed by atoms with Crippen LogP contribution in [0, 0.1) is 0 Å². The molecule has 2 heterocycles. The standard InChI is InChI=1S/C18H16N2O/c1-21-14-7-4-6-13(12-14)18-17-10-5-11-20(17)16-9-3-2-8-15(16)19-18/h2-12,18-19H,1H3. The Bertz CT molecular complexity index is 791. The fourth-order valence-electron chi connectivity index (χ4n) is 2.96. The second kappa shape index (κ2) is 4.70. The fourth-order valence-corrected chi connectivity index (χ4v) is 2.96. The van der Waals surface area contributed by atoms with Gasteiger partial charge < -0.3 is 14.6 Å². The number of nitrogens with one attached hydrogen (secondary N) is 1. The maximum absolute atomic E-state index is 5.35. The van der Waals surface area contributed by atoms with E-state index >= 15 is 0 Å². The summed E-state index contributed by atoms with van der Waals surface area (Å²) in [4.78, 5) is 0. The summed E-state index contributed by atoms with van der Waals surface area (Å²) in [5.74, 6) is 0.881. The van der Waals surface area contributed by atoms with E-state index in [9.17, 15) is 0 Å². The molecule has 0 fully saturated rings. The molecule has 1 N–H and O–H groups in total. The van der Waals surface area contributed by atoms with Crippen molar-refractivity contribution in [1.29, 1.82) is 0 Å². The van der Waals surface area contributed by atoms with Crippen molar-refractivity contribution in [3.8, 4) is 11.4 Å². The third-order valence-electron chi connectivity index (χ3n) is 3.97. The van der Waals surface area contributed by atoms with Crippen LogP contribution in [-0.2, 0) is 0 Å². The number of hydrogen-bond donors (Lipinski definition) is 1. The lowest BCUT2D eigenvalue weighted by molar-refractivity contribution is 0.414. The van der Waals surface area contributed by atoms with Crippen molar-refractivity contribution >= 4 is 5.69 Å². The second-order valence-corrected chi connectivity index (χ2v) is 5.17. The molecule has 4 rings (SSSR count). The highest BCUT2D eigenvalue weighted by molar-refractivity contribution is 5.67. The zero-order valence-corrected chi connectivity index (χ0v) is 11.8. The molecule has 0 spiro atoms. The minimum absolute atomic E-state index is 0.130. The van der Waals surface area contributed by atoms with Gasteiger partial charge in [0.2, 0.25) is 0 Å². The smallest absolute Gasteiger partial charge is 0.119 e. The van der Waals surface area contributed by atoms with Gasteiger partial charge in [-0.15, -0.1) is 0 Å². The Hall–Kier alpha value is -2.68. The van der Waals surface area contributed by atoms with Crippen molar-refractivity contribution in [2.45, 2.75) is 6.04 Å². The number of anilines is 1. The first-order valence-electron chi connectivity index (χ1n) is 7.04. The van der Waals surface area contributed by atoms with E-state index in [2.05, 4.69) is 64.6 Å². The topological polar surface area (TPSA) is 26.2 Å². The van der Waals surface area contributed by atoms with Gasteiger partial charge >= 0.3 is 0 Å². The second-order valence-electron chi connectivity index (χ2n) is 5.17. The molecule has 104 valence electrons. The molecule has 2 aromatic carbocycles. The van der Waals surface area contributed by atoms with Crippen LogP contribution in [0.3, 0.4) is 0 Å². The molecule has 1 atom stereocenters. The van der Waals surface area contributed by atoms with Crippen LogP contribution in [0.4, 0.5) is 5.69 Å². The predicted octanol–water partition coefficient (Wildman–Crippen LogP) is 4.00. The van der Waals surface area contributed by atoms with E-state index in [4.69, 9.17) is 4.74 Å². The van der Waals surface area contributed by atoms with Gasteiger partial charge in [0.05, 0.1) is 24.5 Å². The van der Waals surface area contributed by atoms with Crippen molar-refractivity contribution in [3.63, 3.8) is 0 Å². The first-order chi connectivity index (χ1) is 10.4. The van der Waals surface area contributed by atoms with E-state index in [-0.39, 0.29) is 6.04 Å². The summed E-state index contributed by atoms with van der Waals surface area (Å²) < 4.78 is 7.60. The van der Waals surface area contributed by atoms with Gasteiger partial charge in [-0.25, -0.2) is 0 Å². The fraction of sp³-hybridized carbons (Fsp3) is 0.111. The molecule has 0 saturated heterocycles. The first-order valence-corrected chi connectivity index (χ1v) is 7.04. The summed E-state index contributed by atoms with van der Waals surface area (Å²) in [6.45, 7) is 0. The molecule has 1 aliphatic heterocycles. The summed E-state index contributed by atoms with van der Waals surface area (Å²) in [5, 5.41) is 3.63. The number of benzene rings is 2. The largest absolute Gasteiger partial charge is 0.497 e. The zero-order valence-electron chi connectivity index (χ0n) is 11.8. The zero-order chi connectivity index (χ0) is 14.2. The molecular weight excluding hydrogens is 260 g/mol. The highest BCUT2D eigenvalue weighted by atomic mass is 16.5. The Morgan fingerprint density at radius 2 is 1.90 bits per heavy atom. The number of hydrogen-bond acceptors (Lipinski definition) is 2. The van der Waals surface area contributed by atoms with E-state index in [1.807, 2.05) is 12.1 Å². The van der Waals surface area contributed by atoms with Gasteiger partial charge in [-0.05, 0) is 42.0 Å². The minimum atomic E-state index is 0.130. The summed E-state index contributed by atoms with van der Waals surface area (Å²) in [7, 11) is 1.70. The van der Waals surface area contributed by atoms with Gasteiger partial charge in [-0.3, -0.25) is 0 Å². The molecule has 3 aromatic rings. The lowest BCUT2D eigenvalue weighted by atomic mass is 10.0. The van der Waals surface area contributed by atoms with E-state index in [1.54, 1.807) is 7.11 Å². The van der Waals surface area contributed by atoms with Crippen LogP contribution >= 0.6 is 0 Å². The van der Waals surface area contributed by atoms with Gasteiger partial charge in [-0.1, -0.05) is 24.3 Å². The van der Waals surface area contributed by atoms with Crippen LogP contribution in [-0.4, -0.2) is 11.7 Å². The number of fused-ring (bicyclic) bond motifs is 3. The normalized spacial score (nSPS) is 15.8. The molecule has 0 saturated carbocycles. The van der Waals surface area contributed by atoms with E-state index in [0.717, 1.165) is 11.4 Å². The highest BCUT2D eigenvalue weighted by Crippen LogP contribution is 2.37. The van der Waals surface area contributed by atoms with Gasteiger partial charge in [-0.2, -0.15) is 0 Å². The Morgan fingerprint density at radius 3 is 2.81 bits per heavy atom. The van der Waals surface area contributed by atoms with Gasteiger partial charge in [0.1, 0.15) is 5.75 Å². The molecule has 1 aliphatic rings. The van der Waals surface area contributed by atoms with Crippen LogP contribution in [0.1, 0.15) is 17.3 Å². The van der Waals surface area contributed by atoms with Gasteiger partial charge in [0, 0.05) is 11.9 Å². The lowest BCUT2D eigenvalue weighted by Gasteiger charge is -2.29. The molecule has 0 aliphatic carbocycles. The maximum Gasteiger partial charge on any atom is 0.119 e. The Balaban J connectivity index is 1.85. The van der Waals surface area contributed by atoms with E-state index in [0.29, 0.717) is 0 Å². The minimum Gasteiger partial charge on any atom is -0.497 e. The third-order valence-corrected chi connectivity index (χ3v) is 3.97. The van der Waals surface area contributed by atoms with E-state index < -0.39 is 0 Å². The van der Waals surface area contributed by atoms with Crippen LogP contribution in [0.2, 0.25) is 0 Å². The Kier molecular flexibility index (Phi) is 2.71. The van der Waals surface area contributed by atoms with Crippen molar-refractivity contribution in [2.24, 2.45) is 0 Å². The first kappa shape index (κ1) is 12.1. The van der Waals surface area contributed by atoms with Gasteiger partial charge in [0.15, 0.2) is 0 Å². The van der Waals surface area contributed by atoms with Crippen LogP contribution in [0.5, 0.6) is 5.75 Å². The average molecular weight is 276 g/mol. The number of rotatable bonds is 2. The van der Waals surface area contributed by atoms with Crippen molar-refractivity contribution < 1.29 is 4.74 Å². The Labute approximate surface area is 123 Å². The number of ether oxygens (including phenoxy) is 1. The number of methoxy groups -OCH3 is 1. The summed E-state index contributed by atoms with van der Waals surface area (Å²) in [5.41, 5.74) is 4.77. The molecule has 1 unspecified atom stereocenters. The molecule has 21 heavy (non-hydrogen) atoms. The van der Waals surface area contributed by atoms with Crippen molar-refractivity contribution in [2.75, 3.05) is 12.4 Å². The van der Waals surface area contributed by atoms with Crippen LogP contribution < -0.4 is 10.1 Å². The number of nitrogens with zero attached hydrogens (tertiary/aromatic N) is 1.